The van der Waals surface area contributed by atoms with E-state index in [9.17, 15) is 4.79 Å². The minimum Gasteiger partial charge on any atom is -0.382 e. The Hall–Kier alpha value is -1.81. The van der Waals surface area contributed by atoms with Crippen LogP contribution in [0, 0.1) is 0 Å². The zero-order valence-electron chi connectivity index (χ0n) is 12.3. The highest BCUT2D eigenvalue weighted by atomic mass is 79.9. The fourth-order valence-corrected chi connectivity index (χ4v) is 3.30. The van der Waals surface area contributed by atoms with Crippen LogP contribution < -0.4 is 10.6 Å². The van der Waals surface area contributed by atoms with E-state index in [0.717, 1.165) is 15.8 Å². The molecule has 1 saturated carbocycles. The summed E-state index contributed by atoms with van der Waals surface area (Å²) in [7, 11) is 0. The van der Waals surface area contributed by atoms with Gasteiger partial charge in [0.2, 0.25) is 0 Å². The van der Waals surface area contributed by atoms with Gasteiger partial charge in [0.25, 0.3) is 5.91 Å². The molecular weight excluding hydrogens is 340 g/mol. The number of rotatable bonds is 4. The van der Waals surface area contributed by atoms with Crippen molar-refractivity contribution < 1.29 is 4.79 Å². The molecule has 1 fully saturated rings. The smallest absolute Gasteiger partial charge is 0.256 e. The van der Waals surface area contributed by atoms with Gasteiger partial charge in [0.1, 0.15) is 0 Å². The summed E-state index contributed by atoms with van der Waals surface area (Å²) in [4.78, 5) is 12.3. The average Bonchev–Trinajstić information content (AvgIpc) is 3.01. The van der Waals surface area contributed by atoms with Gasteiger partial charge in [0.15, 0.2) is 0 Å². The Labute approximate surface area is 139 Å². The van der Waals surface area contributed by atoms with Crippen molar-refractivity contribution in [2.75, 3.05) is 10.6 Å². The molecule has 3 nitrogen and oxygen atoms in total. The second-order valence-electron chi connectivity index (χ2n) is 5.64. The summed E-state index contributed by atoms with van der Waals surface area (Å²) in [5, 5.41) is 6.50. The lowest BCUT2D eigenvalue weighted by Crippen LogP contribution is -2.15. The Morgan fingerprint density at radius 3 is 2.50 bits per heavy atom. The van der Waals surface area contributed by atoms with Crippen LogP contribution in [0.4, 0.5) is 11.4 Å². The normalized spacial score (nSPS) is 14.8. The predicted molar refractivity (Wildman–Crippen MR) is 94.4 cm³/mol. The summed E-state index contributed by atoms with van der Waals surface area (Å²) in [6.45, 7) is 0. The number of hydrogen-bond donors (Lipinski definition) is 2. The van der Waals surface area contributed by atoms with Crippen molar-refractivity contribution in [3.05, 3.63) is 58.6 Å². The van der Waals surface area contributed by atoms with E-state index >= 15 is 0 Å². The van der Waals surface area contributed by atoms with Crippen molar-refractivity contribution in [2.24, 2.45) is 0 Å². The number of carbonyl (C=O) groups is 1. The van der Waals surface area contributed by atoms with E-state index in [4.69, 9.17) is 0 Å². The largest absolute Gasteiger partial charge is 0.382 e. The zero-order valence-corrected chi connectivity index (χ0v) is 13.9. The predicted octanol–water partition coefficient (Wildman–Crippen LogP) is 5.06. The summed E-state index contributed by atoms with van der Waals surface area (Å²) in [5.74, 6) is -0.106. The van der Waals surface area contributed by atoms with E-state index in [2.05, 4.69) is 26.6 Å². The van der Waals surface area contributed by atoms with E-state index in [1.807, 2.05) is 42.5 Å². The van der Waals surface area contributed by atoms with Crippen LogP contribution in [0.15, 0.2) is 53.0 Å². The number of carbonyl (C=O) groups excluding carboxylic acids is 1. The minimum atomic E-state index is -0.106. The third kappa shape index (κ3) is 3.69. The molecule has 0 spiro atoms. The summed E-state index contributed by atoms with van der Waals surface area (Å²) in [6.07, 6.45) is 5.06. The lowest BCUT2D eigenvalue weighted by molar-refractivity contribution is 0.102. The van der Waals surface area contributed by atoms with Crippen LogP contribution in [0.3, 0.4) is 0 Å². The first-order chi connectivity index (χ1) is 10.7. The third-order valence-corrected chi connectivity index (χ3v) is 4.66. The van der Waals surface area contributed by atoms with Crippen molar-refractivity contribution in [2.45, 2.75) is 31.7 Å². The lowest BCUT2D eigenvalue weighted by atomic mass is 10.2. The van der Waals surface area contributed by atoms with Crippen LogP contribution in [0.1, 0.15) is 36.0 Å². The number of halogens is 1. The third-order valence-electron chi connectivity index (χ3n) is 3.96. The van der Waals surface area contributed by atoms with Crippen LogP contribution in [-0.2, 0) is 0 Å². The minimum absolute atomic E-state index is 0.106. The number of benzene rings is 2. The highest BCUT2D eigenvalue weighted by Crippen LogP contribution is 2.24. The average molecular weight is 359 g/mol. The summed E-state index contributed by atoms with van der Waals surface area (Å²) in [6, 6.07) is 15.9. The van der Waals surface area contributed by atoms with E-state index < -0.39 is 0 Å². The molecule has 0 unspecified atom stereocenters. The second kappa shape index (κ2) is 6.97. The standard InChI is InChI=1S/C18H19BrN2O/c19-17-11-4-3-10-16(17)18(22)21-15-9-5-8-14(12-15)20-13-6-1-2-7-13/h3-5,8-13,20H,1-2,6-7H2,(H,21,22). The van der Waals surface area contributed by atoms with E-state index in [1.54, 1.807) is 6.07 Å². The molecule has 114 valence electrons. The Morgan fingerprint density at radius 2 is 1.73 bits per heavy atom. The topological polar surface area (TPSA) is 41.1 Å². The van der Waals surface area contributed by atoms with Gasteiger partial charge in [-0.1, -0.05) is 31.0 Å². The molecule has 1 aliphatic carbocycles. The molecule has 4 heteroatoms. The van der Waals surface area contributed by atoms with Gasteiger partial charge in [-0.05, 0) is 59.1 Å². The molecule has 2 aromatic rings. The molecule has 22 heavy (non-hydrogen) atoms. The molecule has 0 aliphatic heterocycles. The van der Waals surface area contributed by atoms with E-state index in [1.165, 1.54) is 25.7 Å². The quantitative estimate of drug-likeness (QED) is 0.802. The Balaban J connectivity index is 1.69. The van der Waals surface area contributed by atoms with Crippen LogP contribution in [0.2, 0.25) is 0 Å². The maximum absolute atomic E-state index is 12.3. The molecule has 1 amide bonds. The lowest BCUT2D eigenvalue weighted by Gasteiger charge is -2.14. The molecule has 2 N–H and O–H groups in total. The number of amides is 1. The summed E-state index contributed by atoms with van der Waals surface area (Å²) >= 11 is 3.41. The maximum Gasteiger partial charge on any atom is 0.256 e. The first-order valence-electron chi connectivity index (χ1n) is 7.65. The summed E-state index contributed by atoms with van der Waals surface area (Å²) in [5.41, 5.74) is 2.51. The van der Waals surface area contributed by atoms with Gasteiger partial charge in [0, 0.05) is 21.9 Å². The first-order valence-corrected chi connectivity index (χ1v) is 8.44. The van der Waals surface area contributed by atoms with Gasteiger partial charge in [-0.3, -0.25) is 4.79 Å². The highest BCUT2D eigenvalue weighted by Gasteiger charge is 2.15. The van der Waals surface area contributed by atoms with Gasteiger partial charge in [-0.25, -0.2) is 0 Å². The van der Waals surface area contributed by atoms with Crippen molar-refractivity contribution in [3.8, 4) is 0 Å². The SMILES string of the molecule is O=C(Nc1cccc(NC2CCCC2)c1)c1ccccc1Br. The molecule has 1 aliphatic rings. The fraction of sp³-hybridized carbons (Fsp3) is 0.278. The first kappa shape index (κ1) is 15.1. The van der Waals surface area contributed by atoms with Crippen LogP contribution in [0.25, 0.3) is 0 Å². The van der Waals surface area contributed by atoms with Gasteiger partial charge >= 0.3 is 0 Å². The second-order valence-corrected chi connectivity index (χ2v) is 6.49. The molecular formula is C18H19BrN2O. The molecule has 0 radical (unpaired) electrons. The van der Waals surface area contributed by atoms with Crippen molar-refractivity contribution in [3.63, 3.8) is 0 Å². The molecule has 0 saturated heterocycles. The fourth-order valence-electron chi connectivity index (χ4n) is 2.84. The molecule has 0 heterocycles. The molecule has 2 aromatic carbocycles. The van der Waals surface area contributed by atoms with Crippen molar-refractivity contribution in [1.29, 1.82) is 0 Å². The van der Waals surface area contributed by atoms with Crippen LogP contribution in [0.5, 0.6) is 0 Å². The molecule has 0 atom stereocenters. The Bertz CT molecular complexity index is 666. The zero-order chi connectivity index (χ0) is 15.4. The van der Waals surface area contributed by atoms with Gasteiger partial charge in [-0.2, -0.15) is 0 Å². The van der Waals surface area contributed by atoms with E-state index in [-0.39, 0.29) is 5.91 Å². The number of hydrogen-bond acceptors (Lipinski definition) is 2. The van der Waals surface area contributed by atoms with E-state index in [0.29, 0.717) is 11.6 Å². The Kier molecular flexibility index (Phi) is 4.78. The van der Waals surface area contributed by atoms with Gasteiger partial charge in [0.05, 0.1) is 5.56 Å². The van der Waals surface area contributed by atoms with Crippen LogP contribution in [-0.4, -0.2) is 11.9 Å². The van der Waals surface area contributed by atoms with Gasteiger partial charge in [-0.15, -0.1) is 0 Å². The molecule has 3 rings (SSSR count). The van der Waals surface area contributed by atoms with Crippen LogP contribution >= 0.6 is 15.9 Å². The monoisotopic (exact) mass is 358 g/mol. The van der Waals surface area contributed by atoms with Crippen molar-refractivity contribution in [1.82, 2.24) is 0 Å². The molecule has 0 bridgehead atoms. The van der Waals surface area contributed by atoms with Crippen molar-refractivity contribution >= 4 is 33.2 Å². The highest BCUT2D eigenvalue weighted by molar-refractivity contribution is 9.10. The van der Waals surface area contributed by atoms with Gasteiger partial charge < -0.3 is 10.6 Å². The maximum atomic E-state index is 12.3. The summed E-state index contributed by atoms with van der Waals surface area (Å²) < 4.78 is 0.799. The number of anilines is 2. The molecule has 0 aromatic heterocycles. The Morgan fingerprint density at radius 1 is 1.00 bits per heavy atom. The number of nitrogens with one attached hydrogen (secondary N) is 2.